The Morgan fingerprint density at radius 2 is 1.94 bits per heavy atom. The summed E-state index contributed by atoms with van der Waals surface area (Å²) in [4.78, 5) is 4.52. The van der Waals surface area contributed by atoms with Crippen molar-refractivity contribution in [3.8, 4) is 0 Å². The van der Waals surface area contributed by atoms with Gasteiger partial charge in [0.25, 0.3) is 0 Å². The van der Waals surface area contributed by atoms with Crippen molar-refractivity contribution in [3.05, 3.63) is 29.1 Å². The lowest BCUT2D eigenvalue weighted by Crippen LogP contribution is -2.11. The smallest absolute Gasteiger partial charge is 0.0438 e. The van der Waals surface area contributed by atoms with Crippen LogP contribution < -0.4 is 0 Å². The Balaban J connectivity index is 2.15. The molecule has 0 spiro atoms. The fraction of sp³-hybridized carbons (Fsp3) is 0.667. The van der Waals surface area contributed by atoms with Crippen LogP contribution in [0.2, 0.25) is 0 Å². The molecule has 0 saturated heterocycles. The zero-order valence-corrected chi connectivity index (χ0v) is 10.8. The second-order valence-corrected chi connectivity index (χ2v) is 6.16. The molecule has 88 valence electrons. The lowest BCUT2D eigenvalue weighted by Gasteiger charge is -2.22. The predicted molar refractivity (Wildman–Crippen MR) is 68.7 cm³/mol. The lowest BCUT2D eigenvalue weighted by molar-refractivity contribution is 0.377. The van der Waals surface area contributed by atoms with Crippen LogP contribution in [-0.4, -0.2) is 4.98 Å². The Hall–Kier alpha value is -0.850. The van der Waals surface area contributed by atoms with Crippen LogP contribution in [0.5, 0.6) is 0 Å². The summed E-state index contributed by atoms with van der Waals surface area (Å²) in [5, 5.41) is 0. The summed E-state index contributed by atoms with van der Waals surface area (Å²) in [6.45, 7) is 6.96. The highest BCUT2D eigenvalue weighted by Crippen LogP contribution is 2.27. The molecule has 0 unspecified atom stereocenters. The SMILES string of the molecule is CC(C)(C)CCc1ccnc2c1CCCC2. The van der Waals surface area contributed by atoms with Gasteiger partial charge in [-0.25, -0.2) is 0 Å². The third-order valence-corrected chi connectivity index (χ3v) is 3.48. The molecule has 0 aliphatic heterocycles. The number of hydrogen-bond acceptors (Lipinski definition) is 1. The van der Waals surface area contributed by atoms with Crippen molar-refractivity contribution in [2.24, 2.45) is 5.41 Å². The zero-order chi connectivity index (χ0) is 11.6. The standard InChI is InChI=1S/C15H23N/c1-15(2,3)10-8-12-9-11-16-14-7-5-4-6-13(12)14/h9,11H,4-8,10H2,1-3H3. The molecule has 1 aromatic rings. The van der Waals surface area contributed by atoms with Gasteiger partial charge in [0.15, 0.2) is 0 Å². The van der Waals surface area contributed by atoms with Crippen molar-refractivity contribution < 1.29 is 0 Å². The van der Waals surface area contributed by atoms with Crippen LogP contribution in [0.25, 0.3) is 0 Å². The molecule has 0 radical (unpaired) electrons. The summed E-state index contributed by atoms with van der Waals surface area (Å²) >= 11 is 0. The van der Waals surface area contributed by atoms with Gasteiger partial charge in [-0.15, -0.1) is 0 Å². The summed E-state index contributed by atoms with van der Waals surface area (Å²) in [6, 6.07) is 2.23. The van der Waals surface area contributed by atoms with Crippen LogP contribution in [0, 0.1) is 5.41 Å². The van der Waals surface area contributed by atoms with Crippen molar-refractivity contribution in [3.63, 3.8) is 0 Å². The van der Waals surface area contributed by atoms with E-state index in [1.54, 1.807) is 11.1 Å². The van der Waals surface area contributed by atoms with E-state index in [0.29, 0.717) is 5.41 Å². The number of nitrogens with zero attached hydrogens (tertiary/aromatic N) is 1. The van der Waals surface area contributed by atoms with Crippen molar-refractivity contribution in [2.45, 2.75) is 59.3 Å². The fourth-order valence-electron chi connectivity index (χ4n) is 2.44. The molecule has 1 aliphatic carbocycles. The molecule has 0 N–H and O–H groups in total. The molecular weight excluding hydrogens is 194 g/mol. The van der Waals surface area contributed by atoms with Gasteiger partial charge in [-0.05, 0) is 61.1 Å². The first-order valence-corrected chi connectivity index (χ1v) is 6.52. The van der Waals surface area contributed by atoms with Crippen molar-refractivity contribution in [1.29, 1.82) is 0 Å². The Labute approximate surface area is 99.3 Å². The van der Waals surface area contributed by atoms with E-state index in [1.807, 2.05) is 6.20 Å². The van der Waals surface area contributed by atoms with E-state index < -0.39 is 0 Å². The molecular formula is C15H23N. The molecule has 0 saturated carbocycles. The molecule has 1 heteroatoms. The fourth-order valence-corrected chi connectivity index (χ4v) is 2.44. The molecule has 2 rings (SSSR count). The van der Waals surface area contributed by atoms with Gasteiger partial charge in [0.2, 0.25) is 0 Å². The third kappa shape index (κ3) is 2.84. The number of rotatable bonds is 2. The Morgan fingerprint density at radius 1 is 1.19 bits per heavy atom. The Morgan fingerprint density at radius 3 is 2.69 bits per heavy atom. The monoisotopic (exact) mass is 217 g/mol. The van der Waals surface area contributed by atoms with Gasteiger partial charge in [0.1, 0.15) is 0 Å². The number of aromatic nitrogens is 1. The lowest BCUT2D eigenvalue weighted by atomic mass is 9.85. The molecule has 1 aromatic heterocycles. The minimum absolute atomic E-state index is 0.435. The minimum atomic E-state index is 0.435. The summed E-state index contributed by atoms with van der Waals surface area (Å²) in [5.74, 6) is 0. The van der Waals surface area contributed by atoms with Crippen LogP contribution in [0.1, 0.15) is 56.9 Å². The van der Waals surface area contributed by atoms with Gasteiger partial charge in [0.05, 0.1) is 0 Å². The quantitative estimate of drug-likeness (QED) is 0.731. The summed E-state index contributed by atoms with van der Waals surface area (Å²) < 4.78 is 0. The zero-order valence-electron chi connectivity index (χ0n) is 10.8. The molecule has 16 heavy (non-hydrogen) atoms. The topological polar surface area (TPSA) is 12.9 Å². The average Bonchev–Trinajstić information content (AvgIpc) is 2.25. The summed E-state index contributed by atoms with van der Waals surface area (Å²) in [6.07, 6.45) is 9.60. The second-order valence-electron chi connectivity index (χ2n) is 6.16. The maximum atomic E-state index is 4.52. The van der Waals surface area contributed by atoms with E-state index in [2.05, 4.69) is 31.8 Å². The number of aryl methyl sites for hydroxylation is 2. The first kappa shape index (κ1) is 11.6. The van der Waals surface area contributed by atoms with Gasteiger partial charge in [-0.3, -0.25) is 4.98 Å². The van der Waals surface area contributed by atoms with Crippen LogP contribution >= 0.6 is 0 Å². The largest absolute Gasteiger partial charge is 0.261 e. The van der Waals surface area contributed by atoms with Gasteiger partial charge in [-0.1, -0.05) is 20.8 Å². The number of fused-ring (bicyclic) bond motifs is 1. The molecule has 0 aromatic carbocycles. The van der Waals surface area contributed by atoms with Crippen LogP contribution in [0.4, 0.5) is 0 Å². The summed E-state index contributed by atoms with van der Waals surface area (Å²) in [5.41, 5.74) is 4.93. The Kier molecular flexibility index (Phi) is 3.32. The highest BCUT2D eigenvalue weighted by atomic mass is 14.7. The Bertz CT molecular complexity index is 360. The van der Waals surface area contributed by atoms with E-state index in [0.717, 1.165) is 0 Å². The first-order valence-electron chi connectivity index (χ1n) is 6.52. The molecule has 1 nitrogen and oxygen atoms in total. The third-order valence-electron chi connectivity index (χ3n) is 3.48. The van der Waals surface area contributed by atoms with E-state index in [-0.39, 0.29) is 0 Å². The number of pyridine rings is 1. The highest BCUT2D eigenvalue weighted by Gasteiger charge is 2.16. The van der Waals surface area contributed by atoms with Crippen LogP contribution in [-0.2, 0) is 19.3 Å². The van der Waals surface area contributed by atoms with Crippen LogP contribution in [0.3, 0.4) is 0 Å². The minimum Gasteiger partial charge on any atom is -0.261 e. The average molecular weight is 217 g/mol. The van der Waals surface area contributed by atoms with Crippen molar-refractivity contribution in [1.82, 2.24) is 4.98 Å². The van der Waals surface area contributed by atoms with Crippen LogP contribution in [0.15, 0.2) is 12.3 Å². The molecule has 1 aliphatic rings. The van der Waals surface area contributed by atoms with E-state index in [4.69, 9.17) is 0 Å². The molecule has 1 heterocycles. The van der Waals surface area contributed by atoms with E-state index in [9.17, 15) is 0 Å². The number of hydrogen-bond donors (Lipinski definition) is 0. The molecule has 0 bridgehead atoms. The van der Waals surface area contributed by atoms with Gasteiger partial charge >= 0.3 is 0 Å². The summed E-state index contributed by atoms with van der Waals surface area (Å²) in [7, 11) is 0. The molecule has 0 fully saturated rings. The maximum absolute atomic E-state index is 4.52. The van der Waals surface area contributed by atoms with Gasteiger partial charge in [-0.2, -0.15) is 0 Å². The van der Waals surface area contributed by atoms with E-state index >= 15 is 0 Å². The predicted octanol–water partition coefficient (Wildman–Crippen LogP) is 3.94. The second kappa shape index (κ2) is 4.57. The highest BCUT2D eigenvalue weighted by molar-refractivity contribution is 5.32. The van der Waals surface area contributed by atoms with E-state index in [1.165, 1.54) is 44.2 Å². The van der Waals surface area contributed by atoms with Crippen molar-refractivity contribution in [2.75, 3.05) is 0 Å². The maximum Gasteiger partial charge on any atom is 0.0438 e. The molecule has 0 atom stereocenters. The normalized spacial score (nSPS) is 15.9. The van der Waals surface area contributed by atoms with Gasteiger partial charge in [0, 0.05) is 11.9 Å². The van der Waals surface area contributed by atoms with Crippen molar-refractivity contribution >= 4 is 0 Å². The van der Waals surface area contributed by atoms with Gasteiger partial charge < -0.3 is 0 Å². The first-order chi connectivity index (χ1) is 7.56. The molecule has 0 amide bonds.